The second-order valence-corrected chi connectivity index (χ2v) is 7.95. The largest absolute Gasteiger partial charge is 0.373 e. The third-order valence-corrected chi connectivity index (χ3v) is 5.48. The van der Waals surface area contributed by atoms with Crippen molar-refractivity contribution in [3.05, 3.63) is 46.8 Å². The molecule has 8 heteroatoms. The Kier molecular flexibility index (Phi) is 5.73. The van der Waals surface area contributed by atoms with Crippen molar-refractivity contribution in [1.29, 1.82) is 0 Å². The molecule has 2 aliphatic heterocycles. The number of likely N-dealkylation sites (tertiary alicyclic amines) is 1. The van der Waals surface area contributed by atoms with Gasteiger partial charge in [-0.1, -0.05) is 0 Å². The molecule has 0 spiro atoms. The number of H-pyrrole nitrogens is 1. The SMILES string of the molecule is C[C@@H]1CN(CC(=O)N2CCC[C@@H]2c2nc(-c3ccncc3)cc(=O)[nH]2)C[C@H](C)O1. The fraction of sp³-hybridized carbons (Fsp3) is 0.524. The highest BCUT2D eigenvalue weighted by Gasteiger charge is 2.33. The maximum atomic E-state index is 13.1. The normalized spacial score (nSPS) is 25.3. The van der Waals surface area contributed by atoms with Crippen LogP contribution in [-0.4, -0.2) is 69.0 Å². The zero-order valence-corrected chi connectivity index (χ0v) is 16.9. The van der Waals surface area contributed by atoms with E-state index in [9.17, 15) is 9.59 Å². The number of carbonyl (C=O) groups excluding carboxylic acids is 1. The number of amides is 1. The first-order valence-corrected chi connectivity index (χ1v) is 10.2. The van der Waals surface area contributed by atoms with E-state index >= 15 is 0 Å². The molecular formula is C21H27N5O3. The van der Waals surface area contributed by atoms with Crippen molar-refractivity contribution >= 4 is 5.91 Å². The summed E-state index contributed by atoms with van der Waals surface area (Å²) in [7, 11) is 0. The van der Waals surface area contributed by atoms with Crippen LogP contribution in [0, 0.1) is 0 Å². The third-order valence-electron chi connectivity index (χ3n) is 5.48. The van der Waals surface area contributed by atoms with Gasteiger partial charge < -0.3 is 14.6 Å². The van der Waals surface area contributed by atoms with E-state index < -0.39 is 0 Å². The number of aromatic amines is 1. The summed E-state index contributed by atoms with van der Waals surface area (Å²) in [5, 5.41) is 0. The van der Waals surface area contributed by atoms with Crippen LogP contribution in [0.2, 0.25) is 0 Å². The molecule has 3 atom stereocenters. The summed E-state index contributed by atoms with van der Waals surface area (Å²) in [6.45, 7) is 6.61. The molecular weight excluding hydrogens is 370 g/mol. The number of pyridine rings is 1. The maximum absolute atomic E-state index is 13.1. The highest BCUT2D eigenvalue weighted by atomic mass is 16.5. The highest BCUT2D eigenvalue weighted by molar-refractivity contribution is 5.79. The van der Waals surface area contributed by atoms with Gasteiger partial charge >= 0.3 is 0 Å². The van der Waals surface area contributed by atoms with Gasteiger partial charge in [-0.05, 0) is 38.8 Å². The molecule has 2 aromatic rings. The van der Waals surface area contributed by atoms with E-state index in [1.807, 2.05) is 30.9 Å². The predicted molar refractivity (Wildman–Crippen MR) is 108 cm³/mol. The number of rotatable bonds is 4. The molecule has 4 rings (SSSR count). The lowest BCUT2D eigenvalue weighted by Crippen LogP contribution is -2.49. The number of aromatic nitrogens is 3. The van der Waals surface area contributed by atoms with E-state index in [2.05, 4.69) is 19.9 Å². The highest BCUT2D eigenvalue weighted by Crippen LogP contribution is 2.30. The standard InChI is InChI=1S/C21H27N5O3/c1-14-11-25(12-15(2)29-14)13-20(28)26-9-3-4-18(26)21-23-17(10-19(27)24-21)16-5-7-22-8-6-16/h5-8,10,14-15,18H,3-4,9,11-13H2,1-2H3,(H,23,24,27)/t14-,15+,18-/m1/s1. The third kappa shape index (κ3) is 4.54. The summed E-state index contributed by atoms with van der Waals surface area (Å²) in [6, 6.07) is 4.93. The predicted octanol–water partition coefficient (Wildman–Crippen LogP) is 1.60. The Morgan fingerprint density at radius 2 is 1.97 bits per heavy atom. The fourth-order valence-corrected chi connectivity index (χ4v) is 4.35. The van der Waals surface area contributed by atoms with Crippen molar-refractivity contribution < 1.29 is 9.53 Å². The van der Waals surface area contributed by atoms with Crippen LogP contribution in [0.3, 0.4) is 0 Å². The molecule has 8 nitrogen and oxygen atoms in total. The lowest BCUT2D eigenvalue weighted by atomic mass is 10.1. The van der Waals surface area contributed by atoms with Crippen molar-refractivity contribution in [3.8, 4) is 11.3 Å². The van der Waals surface area contributed by atoms with Gasteiger partial charge in [0.2, 0.25) is 5.91 Å². The van der Waals surface area contributed by atoms with Crippen molar-refractivity contribution in [1.82, 2.24) is 24.8 Å². The monoisotopic (exact) mass is 397 g/mol. The summed E-state index contributed by atoms with van der Waals surface area (Å²) < 4.78 is 5.76. The van der Waals surface area contributed by atoms with E-state index in [-0.39, 0.29) is 29.7 Å². The maximum Gasteiger partial charge on any atom is 0.251 e. The van der Waals surface area contributed by atoms with Gasteiger partial charge in [0.25, 0.3) is 5.56 Å². The lowest BCUT2D eigenvalue weighted by molar-refractivity contribution is -0.137. The lowest BCUT2D eigenvalue weighted by Gasteiger charge is -2.36. The van der Waals surface area contributed by atoms with Gasteiger partial charge in [0, 0.05) is 43.7 Å². The summed E-state index contributed by atoms with van der Waals surface area (Å²) >= 11 is 0. The number of morpholine rings is 1. The Balaban J connectivity index is 1.53. The molecule has 29 heavy (non-hydrogen) atoms. The fourth-order valence-electron chi connectivity index (χ4n) is 4.35. The minimum Gasteiger partial charge on any atom is -0.373 e. The molecule has 0 unspecified atom stereocenters. The van der Waals surface area contributed by atoms with E-state index in [1.165, 1.54) is 6.07 Å². The van der Waals surface area contributed by atoms with Gasteiger partial charge in [-0.15, -0.1) is 0 Å². The first-order valence-electron chi connectivity index (χ1n) is 10.2. The van der Waals surface area contributed by atoms with Crippen molar-refractivity contribution in [3.63, 3.8) is 0 Å². The van der Waals surface area contributed by atoms with Crippen LogP contribution in [0.4, 0.5) is 0 Å². The van der Waals surface area contributed by atoms with Gasteiger partial charge in [0.15, 0.2) is 0 Å². The van der Waals surface area contributed by atoms with Crippen LogP contribution in [-0.2, 0) is 9.53 Å². The number of nitrogens with zero attached hydrogens (tertiary/aromatic N) is 4. The molecule has 1 N–H and O–H groups in total. The summed E-state index contributed by atoms with van der Waals surface area (Å²) in [4.78, 5) is 40.9. The van der Waals surface area contributed by atoms with Crippen molar-refractivity contribution in [2.24, 2.45) is 0 Å². The Morgan fingerprint density at radius 1 is 1.24 bits per heavy atom. The van der Waals surface area contributed by atoms with Crippen LogP contribution in [0.25, 0.3) is 11.3 Å². The minimum absolute atomic E-state index is 0.0748. The second kappa shape index (κ2) is 8.42. The van der Waals surface area contributed by atoms with Crippen LogP contribution >= 0.6 is 0 Å². The minimum atomic E-state index is -0.211. The molecule has 1 amide bonds. The van der Waals surface area contributed by atoms with Crippen molar-refractivity contribution in [2.75, 3.05) is 26.2 Å². The smallest absolute Gasteiger partial charge is 0.251 e. The van der Waals surface area contributed by atoms with Gasteiger partial charge in [0.05, 0.1) is 30.5 Å². The van der Waals surface area contributed by atoms with Gasteiger partial charge in [-0.2, -0.15) is 0 Å². The molecule has 2 aromatic heterocycles. The average Bonchev–Trinajstić information content (AvgIpc) is 3.17. The first kappa shape index (κ1) is 19.7. The summed E-state index contributed by atoms with van der Waals surface area (Å²) in [6.07, 6.45) is 5.29. The zero-order valence-electron chi connectivity index (χ0n) is 16.9. The molecule has 2 aliphatic rings. The number of ether oxygens (including phenoxy) is 1. The van der Waals surface area contributed by atoms with Gasteiger partial charge in [0.1, 0.15) is 5.82 Å². The van der Waals surface area contributed by atoms with E-state index in [1.54, 1.807) is 12.4 Å². The van der Waals surface area contributed by atoms with Crippen LogP contribution in [0.5, 0.6) is 0 Å². The number of carbonyl (C=O) groups is 1. The topological polar surface area (TPSA) is 91.4 Å². The van der Waals surface area contributed by atoms with Crippen LogP contribution in [0.15, 0.2) is 35.4 Å². The number of nitrogens with one attached hydrogen (secondary N) is 1. The molecule has 0 bridgehead atoms. The molecule has 0 radical (unpaired) electrons. The zero-order chi connectivity index (χ0) is 20.4. The van der Waals surface area contributed by atoms with Gasteiger partial charge in [-0.25, -0.2) is 4.98 Å². The molecule has 0 aliphatic carbocycles. The Morgan fingerprint density at radius 3 is 2.69 bits per heavy atom. The van der Waals surface area contributed by atoms with Crippen LogP contribution < -0.4 is 5.56 Å². The Labute approximate surface area is 169 Å². The van der Waals surface area contributed by atoms with Crippen molar-refractivity contribution in [2.45, 2.75) is 44.9 Å². The second-order valence-electron chi connectivity index (χ2n) is 7.95. The Hall–Kier alpha value is -2.58. The van der Waals surface area contributed by atoms with E-state index in [0.717, 1.165) is 31.5 Å². The first-order chi connectivity index (χ1) is 14.0. The quantitative estimate of drug-likeness (QED) is 0.843. The molecule has 154 valence electrons. The Bertz CT molecular complexity index is 906. The molecule has 4 heterocycles. The number of hydrogen-bond acceptors (Lipinski definition) is 6. The van der Waals surface area contributed by atoms with E-state index in [0.29, 0.717) is 24.6 Å². The number of hydrogen-bond donors (Lipinski definition) is 1. The molecule has 2 saturated heterocycles. The molecule has 2 fully saturated rings. The average molecular weight is 397 g/mol. The molecule has 0 aromatic carbocycles. The summed E-state index contributed by atoms with van der Waals surface area (Å²) in [5.41, 5.74) is 1.22. The van der Waals surface area contributed by atoms with E-state index in [4.69, 9.17) is 4.74 Å². The van der Waals surface area contributed by atoms with Crippen LogP contribution in [0.1, 0.15) is 38.6 Å². The van der Waals surface area contributed by atoms with Gasteiger partial charge in [-0.3, -0.25) is 19.5 Å². The molecule has 0 saturated carbocycles. The summed E-state index contributed by atoms with van der Waals surface area (Å²) in [5.74, 6) is 0.629.